The standard InChI is InChI=1S/C23H26N4O3S/c1-17-6-5-9-23(25-17)26-19-10-11-20(24-16-19)18-12-14-27(15-13-18)31(28,29)22-8-4-3-7-21(22)30-2/h3-11,16,18H,12-15H2,1-2H3,(H,25,26). The maximum Gasteiger partial charge on any atom is 0.246 e. The molecule has 0 atom stereocenters. The monoisotopic (exact) mass is 438 g/mol. The van der Waals surface area contributed by atoms with Crippen molar-refractivity contribution >= 4 is 21.5 Å². The zero-order valence-electron chi connectivity index (χ0n) is 17.7. The highest BCUT2D eigenvalue weighted by molar-refractivity contribution is 7.89. The third-order valence-electron chi connectivity index (χ3n) is 5.51. The first kappa shape index (κ1) is 21.3. The number of sulfonamides is 1. The maximum atomic E-state index is 13.1. The number of nitrogens with one attached hydrogen (secondary N) is 1. The van der Waals surface area contributed by atoms with Gasteiger partial charge in [0.05, 0.1) is 19.0 Å². The average Bonchev–Trinajstić information content (AvgIpc) is 2.80. The van der Waals surface area contributed by atoms with Gasteiger partial charge in [-0.25, -0.2) is 13.4 Å². The normalized spacial score (nSPS) is 15.5. The molecule has 4 rings (SSSR count). The molecule has 2 aromatic heterocycles. The smallest absolute Gasteiger partial charge is 0.246 e. The van der Waals surface area contributed by atoms with E-state index in [-0.39, 0.29) is 10.8 Å². The molecule has 1 saturated heterocycles. The van der Waals surface area contributed by atoms with E-state index >= 15 is 0 Å². The lowest BCUT2D eigenvalue weighted by atomic mass is 9.94. The molecule has 1 aromatic carbocycles. The number of methoxy groups -OCH3 is 1. The predicted octanol–water partition coefficient (Wildman–Crippen LogP) is 4.11. The van der Waals surface area contributed by atoms with Crippen LogP contribution in [0.5, 0.6) is 5.75 Å². The van der Waals surface area contributed by atoms with E-state index in [1.807, 2.05) is 37.3 Å². The molecule has 1 fully saturated rings. The number of hydrogen-bond acceptors (Lipinski definition) is 6. The largest absolute Gasteiger partial charge is 0.495 e. The summed E-state index contributed by atoms with van der Waals surface area (Å²) in [4.78, 5) is 9.27. The Labute approximate surface area is 183 Å². The van der Waals surface area contributed by atoms with Gasteiger partial charge < -0.3 is 10.1 Å². The number of aryl methyl sites for hydroxylation is 1. The molecule has 1 aliphatic heterocycles. The van der Waals surface area contributed by atoms with Gasteiger partial charge in [0.2, 0.25) is 10.0 Å². The van der Waals surface area contributed by atoms with Crippen molar-refractivity contribution in [3.05, 3.63) is 72.2 Å². The summed E-state index contributed by atoms with van der Waals surface area (Å²) in [6.07, 6.45) is 3.26. The van der Waals surface area contributed by atoms with Crippen LogP contribution in [-0.4, -0.2) is 42.9 Å². The summed E-state index contributed by atoms with van der Waals surface area (Å²) < 4.78 is 32.9. The summed E-state index contributed by atoms with van der Waals surface area (Å²) in [5, 5.41) is 3.26. The Morgan fingerprint density at radius 2 is 1.81 bits per heavy atom. The van der Waals surface area contributed by atoms with Gasteiger partial charge in [0.25, 0.3) is 0 Å². The van der Waals surface area contributed by atoms with Crippen LogP contribution in [0.3, 0.4) is 0 Å². The van der Waals surface area contributed by atoms with E-state index in [1.54, 1.807) is 34.8 Å². The molecular weight excluding hydrogens is 412 g/mol. The third-order valence-corrected chi connectivity index (χ3v) is 7.44. The first-order valence-corrected chi connectivity index (χ1v) is 11.7. The fraction of sp³-hybridized carbons (Fsp3) is 0.304. The van der Waals surface area contributed by atoms with Crippen LogP contribution in [0.15, 0.2) is 65.7 Å². The van der Waals surface area contributed by atoms with E-state index < -0.39 is 10.0 Å². The van der Waals surface area contributed by atoms with E-state index in [9.17, 15) is 8.42 Å². The van der Waals surface area contributed by atoms with Gasteiger partial charge in [0, 0.05) is 30.4 Å². The van der Waals surface area contributed by atoms with Gasteiger partial charge >= 0.3 is 0 Å². The lowest BCUT2D eigenvalue weighted by molar-refractivity contribution is 0.314. The Morgan fingerprint density at radius 3 is 2.48 bits per heavy atom. The Kier molecular flexibility index (Phi) is 6.20. The van der Waals surface area contributed by atoms with Crippen molar-refractivity contribution in [2.24, 2.45) is 0 Å². The van der Waals surface area contributed by atoms with Gasteiger partial charge in [-0.3, -0.25) is 4.98 Å². The van der Waals surface area contributed by atoms with Crippen molar-refractivity contribution in [3.8, 4) is 5.75 Å². The molecule has 0 spiro atoms. The van der Waals surface area contributed by atoms with Crippen molar-refractivity contribution in [3.63, 3.8) is 0 Å². The summed E-state index contributed by atoms with van der Waals surface area (Å²) in [7, 11) is -2.10. The molecule has 1 aliphatic rings. The molecule has 0 unspecified atom stereocenters. The molecular formula is C23H26N4O3S. The average molecular weight is 439 g/mol. The fourth-order valence-corrected chi connectivity index (χ4v) is 5.47. The SMILES string of the molecule is COc1ccccc1S(=O)(=O)N1CCC(c2ccc(Nc3cccc(C)n3)cn2)CC1. The van der Waals surface area contributed by atoms with Crippen LogP contribution >= 0.6 is 0 Å². The number of aromatic nitrogens is 2. The van der Waals surface area contributed by atoms with Crippen molar-refractivity contribution < 1.29 is 13.2 Å². The zero-order valence-corrected chi connectivity index (χ0v) is 18.5. The van der Waals surface area contributed by atoms with Crippen molar-refractivity contribution in [1.29, 1.82) is 0 Å². The molecule has 162 valence electrons. The lowest BCUT2D eigenvalue weighted by Gasteiger charge is -2.31. The van der Waals surface area contributed by atoms with Crippen molar-refractivity contribution in [1.82, 2.24) is 14.3 Å². The summed E-state index contributed by atoms with van der Waals surface area (Å²) in [6, 6.07) is 16.6. The number of ether oxygens (including phenoxy) is 1. The molecule has 0 bridgehead atoms. The van der Waals surface area contributed by atoms with Gasteiger partial charge in [0.15, 0.2) is 0 Å². The number of para-hydroxylation sites is 1. The maximum absolute atomic E-state index is 13.1. The summed E-state index contributed by atoms with van der Waals surface area (Å²) in [5.41, 5.74) is 2.81. The van der Waals surface area contributed by atoms with E-state index in [2.05, 4.69) is 15.3 Å². The molecule has 0 radical (unpaired) electrons. The van der Waals surface area contributed by atoms with Crippen LogP contribution in [0, 0.1) is 6.92 Å². The number of nitrogens with zero attached hydrogens (tertiary/aromatic N) is 3. The second-order valence-corrected chi connectivity index (χ2v) is 9.50. The van der Waals surface area contributed by atoms with E-state index in [0.29, 0.717) is 18.8 Å². The van der Waals surface area contributed by atoms with Gasteiger partial charge in [-0.05, 0) is 56.2 Å². The van der Waals surface area contributed by atoms with E-state index in [0.717, 1.165) is 35.7 Å². The van der Waals surface area contributed by atoms with Crippen LogP contribution < -0.4 is 10.1 Å². The van der Waals surface area contributed by atoms with Crippen molar-refractivity contribution in [2.45, 2.75) is 30.6 Å². The minimum atomic E-state index is -3.58. The van der Waals surface area contributed by atoms with Gasteiger partial charge in [-0.15, -0.1) is 0 Å². The van der Waals surface area contributed by atoms with E-state index in [4.69, 9.17) is 4.74 Å². The lowest BCUT2D eigenvalue weighted by Crippen LogP contribution is -2.38. The highest BCUT2D eigenvalue weighted by Gasteiger charge is 2.32. The number of piperidine rings is 1. The number of hydrogen-bond donors (Lipinski definition) is 1. The Bertz CT molecular complexity index is 1140. The third kappa shape index (κ3) is 4.70. The Hall–Kier alpha value is -2.97. The Balaban J connectivity index is 1.40. The summed E-state index contributed by atoms with van der Waals surface area (Å²) in [5.74, 6) is 1.39. The molecule has 7 nitrogen and oxygen atoms in total. The molecule has 3 aromatic rings. The Morgan fingerprint density at radius 1 is 1.03 bits per heavy atom. The molecule has 0 amide bonds. The highest BCUT2D eigenvalue weighted by atomic mass is 32.2. The predicted molar refractivity (Wildman–Crippen MR) is 120 cm³/mol. The topological polar surface area (TPSA) is 84.4 Å². The quantitative estimate of drug-likeness (QED) is 0.624. The molecule has 8 heteroatoms. The van der Waals surface area contributed by atoms with Crippen LogP contribution in [-0.2, 0) is 10.0 Å². The minimum absolute atomic E-state index is 0.217. The zero-order chi connectivity index (χ0) is 21.8. The van der Waals surface area contributed by atoms with Gasteiger partial charge in [-0.1, -0.05) is 18.2 Å². The van der Waals surface area contributed by atoms with Crippen molar-refractivity contribution in [2.75, 3.05) is 25.5 Å². The van der Waals surface area contributed by atoms with Crippen LogP contribution in [0.2, 0.25) is 0 Å². The number of pyridine rings is 2. The molecule has 3 heterocycles. The minimum Gasteiger partial charge on any atom is -0.495 e. The number of anilines is 2. The van der Waals surface area contributed by atoms with Gasteiger partial charge in [-0.2, -0.15) is 4.31 Å². The molecule has 1 N–H and O–H groups in total. The first-order chi connectivity index (χ1) is 15.0. The second-order valence-electron chi connectivity index (χ2n) is 7.59. The second kappa shape index (κ2) is 9.03. The molecule has 0 aliphatic carbocycles. The highest BCUT2D eigenvalue weighted by Crippen LogP contribution is 2.32. The molecule has 31 heavy (non-hydrogen) atoms. The summed E-state index contributed by atoms with van der Waals surface area (Å²) in [6.45, 7) is 2.87. The van der Waals surface area contributed by atoms with Gasteiger partial charge in [0.1, 0.15) is 16.5 Å². The van der Waals surface area contributed by atoms with Crippen LogP contribution in [0.4, 0.5) is 11.5 Å². The van der Waals surface area contributed by atoms with E-state index in [1.165, 1.54) is 7.11 Å². The summed E-state index contributed by atoms with van der Waals surface area (Å²) >= 11 is 0. The fourth-order valence-electron chi connectivity index (χ4n) is 3.84. The number of benzene rings is 1. The van der Waals surface area contributed by atoms with Crippen LogP contribution in [0.25, 0.3) is 0 Å². The first-order valence-electron chi connectivity index (χ1n) is 10.3. The molecule has 0 saturated carbocycles. The van der Waals surface area contributed by atoms with Crippen LogP contribution in [0.1, 0.15) is 30.1 Å². The number of rotatable bonds is 6.